The smallest absolute Gasteiger partial charge is 0.433 e. The van der Waals surface area contributed by atoms with E-state index in [1.807, 2.05) is 25.1 Å². The van der Waals surface area contributed by atoms with Crippen LogP contribution in [0.25, 0.3) is 11.1 Å². The number of esters is 1. The number of nitrogens with one attached hydrogen (secondary N) is 1. The zero-order valence-electron chi connectivity index (χ0n) is 17.0. The quantitative estimate of drug-likeness (QED) is 0.525. The lowest BCUT2D eigenvalue weighted by atomic mass is 10.0. The average molecular weight is 430 g/mol. The van der Waals surface area contributed by atoms with Gasteiger partial charge in [-0.2, -0.15) is 13.2 Å². The highest BCUT2D eigenvalue weighted by Gasteiger charge is 2.32. The van der Waals surface area contributed by atoms with Crippen molar-refractivity contribution < 1.29 is 22.7 Å². The average Bonchev–Trinajstić information content (AvgIpc) is 2.72. The molecule has 3 rings (SSSR count). The maximum Gasteiger partial charge on any atom is 0.433 e. The van der Waals surface area contributed by atoms with Crippen molar-refractivity contribution >= 4 is 17.6 Å². The molecule has 0 radical (unpaired) electrons. The van der Waals surface area contributed by atoms with Crippen molar-refractivity contribution in [1.29, 1.82) is 0 Å². The maximum absolute atomic E-state index is 12.9. The molecular formula is C22H21F3N4O2. The first-order chi connectivity index (χ1) is 14.7. The highest BCUT2D eigenvalue weighted by Crippen LogP contribution is 2.29. The molecule has 31 heavy (non-hydrogen) atoms. The number of rotatable bonds is 7. The van der Waals surface area contributed by atoms with E-state index in [2.05, 4.69) is 20.3 Å². The van der Waals surface area contributed by atoms with E-state index >= 15 is 0 Å². The van der Waals surface area contributed by atoms with Gasteiger partial charge in [0.1, 0.15) is 5.69 Å². The molecule has 0 aliphatic rings. The molecule has 0 spiro atoms. The van der Waals surface area contributed by atoms with Gasteiger partial charge in [0.25, 0.3) is 0 Å². The van der Waals surface area contributed by atoms with Crippen molar-refractivity contribution in [1.82, 2.24) is 15.0 Å². The van der Waals surface area contributed by atoms with Crippen LogP contribution in [-0.2, 0) is 22.1 Å². The second-order valence-electron chi connectivity index (χ2n) is 6.82. The minimum Gasteiger partial charge on any atom is -0.466 e. The Morgan fingerprint density at radius 2 is 1.90 bits per heavy atom. The van der Waals surface area contributed by atoms with Gasteiger partial charge in [-0.15, -0.1) is 0 Å². The van der Waals surface area contributed by atoms with Crippen LogP contribution >= 0.6 is 0 Å². The van der Waals surface area contributed by atoms with Gasteiger partial charge in [0.2, 0.25) is 5.95 Å². The van der Waals surface area contributed by atoms with Crippen molar-refractivity contribution in [3.8, 4) is 11.1 Å². The van der Waals surface area contributed by atoms with Crippen LogP contribution in [0.2, 0.25) is 0 Å². The summed E-state index contributed by atoms with van der Waals surface area (Å²) in [6.07, 6.45) is -1.05. The lowest BCUT2D eigenvalue weighted by Crippen LogP contribution is -2.10. The molecule has 9 heteroatoms. The normalized spacial score (nSPS) is 11.3. The van der Waals surface area contributed by atoms with E-state index in [9.17, 15) is 18.0 Å². The molecule has 0 saturated carbocycles. The van der Waals surface area contributed by atoms with Gasteiger partial charge < -0.3 is 10.1 Å². The van der Waals surface area contributed by atoms with Gasteiger partial charge in [-0.05, 0) is 49.2 Å². The van der Waals surface area contributed by atoms with E-state index < -0.39 is 11.9 Å². The third-order valence-electron chi connectivity index (χ3n) is 4.33. The Morgan fingerprint density at radius 1 is 1.10 bits per heavy atom. The minimum atomic E-state index is -4.54. The first-order valence-electron chi connectivity index (χ1n) is 9.64. The standard InChI is InChI=1S/C22H21F3N4O2/c1-3-31-20(30)7-6-17-5-4-15(13-27-17)16-10-14(2)11-18(12-16)28-21-26-9-8-19(29-21)22(23,24)25/h4-5,8-13H,3,6-7H2,1-2H3,(H,26,28,29). The van der Waals surface area contributed by atoms with Crippen LogP contribution in [0.1, 0.15) is 30.3 Å². The Hall–Kier alpha value is -3.49. The van der Waals surface area contributed by atoms with Crippen LogP contribution in [0.15, 0.2) is 48.8 Å². The molecule has 2 heterocycles. The van der Waals surface area contributed by atoms with E-state index in [1.54, 1.807) is 25.3 Å². The van der Waals surface area contributed by atoms with E-state index in [0.717, 1.165) is 34.6 Å². The number of nitrogens with zero attached hydrogens (tertiary/aromatic N) is 3. The molecule has 162 valence electrons. The Morgan fingerprint density at radius 3 is 2.58 bits per heavy atom. The zero-order chi connectivity index (χ0) is 22.4. The van der Waals surface area contributed by atoms with Crippen LogP contribution in [0.5, 0.6) is 0 Å². The Labute approximate surface area is 177 Å². The number of alkyl halides is 3. The number of pyridine rings is 1. The van der Waals surface area contributed by atoms with Gasteiger partial charge in [0.05, 0.1) is 13.0 Å². The molecule has 0 unspecified atom stereocenters. The van der Waals surface area contributed by atoms with Crippen molar-refractivity contribution in [2.45, 2.75) is 32.9 Å². The van der Waals surface area contributed by atoms with Gasteiger partial charge in [0.15, 0.2) is 0 Å². The molecule has 2 aromatic heterocycles. The fourth-order valence-electron chi connectivity index (χ4n) is 2.93. The number of anilines is 2. The summed E-state index contributed by atoms with van der Waals surface area (Å²) in [4.78, 5) is 23.3. The molecular weight excluding hydrogens is 409 g/mol. The summed E-state index contributed by atoms with van der Waals surface area (Å²) in [7, 11) is 0. The fraction of sp³-hybridized carbons (Fsp3) is 0.273. The number of carbonyl (C=O) groups excluding carboxylic acids is 1. The molecule has 6 nitrogen and oxygen atoms in total. The number of aromatic nitrogens is 3. The first-order valence-corrected chi connectivity index (χ1v) is 9.64. The molecule has 0 atom stereocenters. The maximum atomic E-state index is 12.9. The summed E-state index contributed by atoms with van der Waals surface area (Å²) in [5.74, 6) is -0.404. The third kappa shape index (κ3) is 6.24. The van der Waals surface area contributed by atoms with Crippen molar-refractivity contribution in [3.05, 3.63) is 65.7 Å². The Kier molecular flexibility index (Phi) is 6.84. The summed E-state index contributed by atoms with van der Waals surface area (Å²) in [5.41, 5.74) is 2.87. The summed E-state index contributed by atoms with van der Waals surface area (Å²) >= 11 is 0. The van der Waals surface area contributed by atoms with E-state index in [0.29, 0.717) is 18.7 Å². The summed E-state index contributed by atoms with van der Waals surface area (Å²) in [6.45, 7) is 3.98. The Bertz CT molecular complexity index is 1050. The molecule has 0 bridgehead atoms. The highest BCUT2D eigenvalue weighted by atomic mass is 19.4. The number of carbonyl (C=O) groups is 1. The van der Waals surface area contributed by atoms with Crippen molar-refractivity contribution in [3.63, 3.8) is 0 Å². The van der Waals surface area contributed by atoms with Gasteiger partial charge in [-0.1, -0.05) is 12.1 Å². The van der Waals surface area contributed by atoms with Crippen molar-refractivity contribution in [2.24, 2.45) is 0 Å². The van der Waals surface area contributed by atoms with Crippen LogP contribution < -0.4 is 5.32 Å². The third-order valence-corrected chi connectivity index (χ3v) is 4.33. The van der Waals surface area contributed by atoms with Crippen LogP contribution in [-0.4, -0.2) is 27.5 Å². The molecule has 1 N–H and O–H groups in total. The minimum absolute atomic E-state index is 0.140. The predicted molar refractivity (Wildman–Crippen MR) is 110 cm³/mol. The lowest BCUT2D eigenvalue weighted by molar-refractivity contribution is -0.143. The molecule has 0 fully saturated rings. The molecule has 0 amide bonds. The summed E-state index contributed by atoms with van der Waals surface area (Å²) < 4.78 is 43.5. The topological polar surface area (TPSA) is 77.0 Å². The first kappa shape index (κ1) is 22.2. The van der Waals surface area contributed by atoms with E-state index in [4.69, 9.17) is 4.74 Å². The van der Waals surface area contributed by atoms with Crippen molar-refractivity contribution in [2.75, 3.05) is 11.9 Å². The second-order valence-corrected chi connectivity index (χ2v) is 6.82. The number of ether oxygens (including phenoxy) is 1. The second kappa shape index (κ2) is 9.55. The molecule has 3 aromatic rings. The van der Waals surface area contributed by atoms with Gasteiger partial charge >= 0.3 is 12.1 Å². The molecule has 1 aromatic carbocycles. The van der Waals surface area contributed by atoms with Gasteiger partial charge in [-0.3, -0.25) is 9.78 Å². The SMILES string of the molecule is CCOC(=O)CCc1ccc(-c2cc(C)cc(Nc3nccc(C(F)(F)F)n3)c2)cn1. The summed E-state index contributed by atoms with van der Waals surface area (Å²) in [5, 5.41) is 2.83. The number of halogens is 3. The van der Waals surface area contributed by atoms with Gasteiger partial charge in [-0.25, -0.2) is 9.97 Å². The Balaban J connectivity index is 1.76. The number of aryl methyl sites for hydroxylation is 2. The molecule has 0 saturated heterocycles. The van der Waals surface area contributed by atoms with Crippen LogP contribution in [0, 0.1) is 6.92 Å². The molecule has 0 aliphatic heterocycles. The summed E-state index contributed by atoms with van der Waals surface area (Å²) in [6, 6.07) is 10.0. The van der Waals surface area contributed by atoms with E-state index in [1.165, 1.54) is 0 Å². The van der Waals surface area contributed by atoms with Gasteiger partial charge in [0, 0.05) is 35.8 Å². The van der Waals surface area contributed by atoms with Crippen LogP contribution in [0.4, 0.5) is 24.8 Å². The lowest BCUT2D eigenvalue weighted by Gasteiger charge is -2.11. The fourth-order valence-corrected chi connectivity index (χ4v) is 2.93. The molecule has 0 aliphatic carbocycles. The van der Waals surface area contributed by atoms with E-state index in [-0.39, 0.29) is 18.3 Å². The van der Waals surface area contributed by atoms with Crippen LogP contribution in [0.3, 0.4) is 0 Å². The predicted octanol–water partition coefficient (Wildman–Crippen LogP) is 5.11. The monoisotopic (exact) mass is 430 g/mol. The number of hydrogen-bond acceptors (Lipinski definition) is 6. The highest BCUT2D eigenvalue weighted by molar-refractivity contribution is 5.71. The number of hydrogen-bond donors (Lipinski definition) is 1. The zero-order valence-corrected chi connectivity index (χ0v) is 17.0. The number of benzene rings is 1. The largest absolute Gasteiger partial charge is 0.466 e.